The Bertz CT molecular complexity index is 146. The molecule has 0 amide bonds. The van der Waals surface area contributed by atoms with Crippen molar-refractivity contribution in [1.82, 2.24) is 0 Å². The topological polar surface area (TPSA) is 57.5 Å². The minimum absolute atomic E-state index is 0.0197. The zero-order valence-electron chi connectivity index (χ0n) is 4.16. The van der Waals surface area contributed by atoms with Crippen molar-refractivity contribution in [2.24, 2.45) is 0 Å². The fraction of sp³-hybridized carbons (Fsp3) is 0.400. The summed E-state index contributed by atoms with van der Waals surface area (Å²) in [6.07, 6.45) is 2.62. The maximum Gasteiger partial charge on any atom is 0.231 e. The molecule has 1 aliphatic carbocycles. The van der Waals surface area contributed by atoms with Gasteiger partial charge < -0.3 is 10.2 Å². The number of rotatable bonds is 0. The molecule has 2 N–H and O–H groups in total. The van der Waals surface area contributed by atoms with Crippen molar-refractivity contribution in [2.75, 3.05) is 0 Å². The Kier molecular flexibility index (Phi) is 0.957. The van der Waals surface area contributed by atoms with Crippen molar-refractivity contribution < 1.29 is 15.0 Å². The van der Waals surface area contributed by atoms with E-state index in [4.69, 9.17) is 10.2 Å². The summed E-state index contributed by atoms with van der Waals surface area (Å²) >= 11 is 0. The predicted octanol–water partition coefficient (Wildman–Crippen LogP) is -0.804. The minimum Gasteiger partial charge on any atom is -0.359 e. The minimum atomic E-state index is -2.10. The normalized spacial score (nSPS) is 24.5. The molecule has 0 aromatic heterocycles. The van der Waals surface area contributed by atoms with Gasteiger partial charge >= 0.3 is 0 Å². The van der Waals surface area contributed by atoms with Crippen LogP contribution in [0.5, 0.6) is 0 Å². The van der Waals surface area contributed by atoms with Crippen LogP contribution in [0.2, 0.25) is 0 Å². The van der Waals surface area contributed by atoms with E-state index >= 15 is 0 Å². The first-order valence-electron chi connectivity index (χ1n) is 2.29. The molecule has 0 saturated carbocycles. The zero-order chi connectivity index (χ0) is 6.20. The molecule has 0 fully saturated rings. The average Bonchev–Trinajstić information content (AvgIpc) is 1.86. The second kappa shape index (κ2) is 1.40. The molecule has 0 aliphatic heterocycles. The lowest BCUT2D eigenvalue weighted by atomic mass is 10.2. The number of carbonyl (C=O) groups excluding carboxylic acids is 1. The van der Waals surface area contributed by atoms with Crippen LogP contribution >= 0.6 is 0 Å². The van der Waals surface area contributed by atoms with Crippen molar-refractivity contribution in [2.45, 2.75) is 12.2 Å². The van der Waals surface area contributed by atoms with E-state index in [1.807, 2.05) is 0 Å². The van der Waals surface area contributed by atoms with Gasteiger partial charge in [-0.25, -0.2) is 0 Å². The third-order valence-electron chi connectivity index (χ3n) is 1.07. The highest BCUT2D eigenvalue weighted by Gasteiger charge is 2.33. The van der Waals surface area contributed by atoms with E-state index in [9.17, 15) is 4.79 Å². The predicted molar refractivity (Wildman–Crippen MR) is 25.9 cm³/mol. The first kappa shape index (κ1) is 5.47. The van der Waals surface area contributed by atoms with Crippen LogP contribution in [0.4, 0.5) is 0 Å². The second-order valence-corrected chi connectivity index (χ2v) is 1.79. The van der Waals surface area contributed by atoms with Crippen LogP contribution in [-0.2, 0) is 4.79 Å². The summed E-state index contributed by atoms with van der Waals surface area (Å²) in [5.74, 6) is -2.72. The summed E-state index contributed by atoms with van der Waals surface area (Å²) in [4.78, 5) is 10.3. The molecule has 3 nitrogen and oxygen atoms in total. The van der Waals surface area contributed by atoms with Gasteiger partial charge in [0.2, 0.25) is 11.6 Å². The monoisotopic (exact) mass is 114 g/mol. The third-order valence-corrected chi connectivity index (χ3v) is 1.07. The Morgan fingerprint density at radius 3 is 2.38 bits per heavy atom. The Balaban J connectivity index is 2.79. The van der Waals surface area contributed by atoms with Gasteiger partial charge in [0.15, 0.2) is 0 Å². The Labute approximate surface area is 46.3 Å². The molecule has 0 spiro atoms. The highest BCUT2D eigenvalue weighted by Crippen LogP contribution is 2.15. The number of ketones is 1. The molecule has 3 heteroatoms. The molecule has 1 aliphatic rings. The highest BCUT2D eigenvalue weighted by atomic mass is 16.5. The van der Waals surface area contributed by atoms with Gasteiger partial charge in [-0.3, -0.25) is 4.79 Å². The molecule has 0 aromatic carbocycles. The number of aliphatic hydroxyl groups is 2. The summed E-state index contributed by atoms with van der Waals surface area (Å²) < 4.78 is 0. The van der Waals surface area contributed by atoms with E-state index < -0.39 is 11.6 Å². The fourth-order valence-corrected chi connectivity index (χ4v) is 0.564. The Morgan fingerprint density at radius 2 is 2.25 bits per heavy atom. The summed E-state index contributed by atoms with van der Waals surface area (Å²) in [5.41, 5.74) is 0. The lowest BCUT2D eigenvalue weighted by Crippen LogP contribution is -2.32. The first-order valence-corrected chi connectivity index (χ1v) is 2.29. The SMILES string of the molecule is O=C1C=CCC1(O)O. The quantitative estimate of drug-likeness (QED) is 0.405. The lowest BCUT2D eigenvalue weighted by molar-refractivity contribution is -0.172. The fourth-order valence-electron chi connectivity index (χ4n) is 0.564. The van der Waals surface area contributed by atoms with Gasteiger partial charge in [0.05, 0.1) is 0 Å². The Morgan fingerprint density at radius 1 is 1.62 bits per heavy atom. The van der Waals surface area contributed by atoms with Crippen molar-refractivity contribution in [3.05, 3.63) is 12.2 Å². The van der Waals surface area contributed by atoms with E-state index in [1.165, 1.54) is 12.2 Å². The standard InChI is InChI=1S/C5H6O3/c6-4-2-1-3-5(4,7)8/h1-2,7-8H,3H2. The first-order chi connectivity index (χ1) is 3.63. The molecule has 0 heterocycles. The molecule has 0 atom stereocenters. The van der Waals surface area contributed by atoms with Gasteiger partial charge in [0.1, 0.15) is 0 Å². The summed E-state index contributed by atoms with van der Waals surface area (Å²) in [6, 6.07) is 0. The molecule has 0 radical (unpaired) electrons. The molecule has 1 rings (SSSR count). The van der Waals surface area contributed by atoms with E-state index in [2.05, 4.69) is 0 Å². The number of hydrogen-bond acceptors (Lipinski definition) is 3. The van der Waals surface area contributed by atoms with Gasteiger partial charge in [-0.2, -0.15) is 0 Å². The highest BCUT2D eigenvalue weighted by molar-refractivity contribution is 5.97. The average molecular weight is 114 g/mol. The maximum absolute atomic E-state index is 10.3. The van der Waals surface area contributed by atoms with Gasteiger partial charge in [0, 0.05) is 6.42 Å². The van der Waals surface area contributed by atoms with Crippen LogP contribution in [0.25, 0.3) is 0 Å². The second-order valence-electron chi connectivity index (χ2n) is 1.79. The van der Waals surface area contributed by atoms with Crippen molar-refractivity contribution >= 4 is 5.78 Å². The van der Waals surface area contributed by atoms with Crippen LogP contribution < -0.4 is 0 Å². The van der Waals surface area contributed by atoms with E-state index in [-0.39, 0.29) is 6.42 Å². The molecule has 0 unspecified atom stereocenters. The Hall–Kier alpha value is -0.670. The smallest absolute Gasteiger partial charge is 0.231 e. The summed E-state index contributed by atoms with van der Waals surface area (Å²) in [7, 11) is 0. The third kappa shape index (κ3) is 0.657. The van der Waals surface area contributed by atoms with E-state index in [1.54, 1.807) is 0 Å². The summed E-state index contributed by atoms with van der Waals surface area (Å²) in [5, 5.41) is 17.2. The van der Waals surface area contributed by atoms with E-state index in [0.29, 0.717) is 0 Å². The van der Waals surface area contributed by atoms with Crippen LogP contribution in [0.3, 0.4) is 0 Å². The van der Waals surface area contributed by atoms with Gasteiger partial charge in [-0.1, -0.05) is 6.08 Å². The van der Waals surface area contributed by atoms with Crippen molar-refractivity contribution in [3.8, 4) is 0 Å². The number of carbonyl (C=O) groups is 1. The van der Waals surface area contributed by atoms with Crippen LogP contribution in [-0.4, -0.2) is 21.8 Å². The lowest BCUT2D eigenvalue weighted by Gasteiger charge is -2.09. The zero-order valence-corrected chi connectivity index (χ0v) is 4.16. The van der Waals surface area contributed by atoms with E-state index in [0.717, 1.165) is 0 Å². The molecule has 8 heavy (non-hydrogen) atoms. The largest absolute Gasteiger partial charge is 0.359 e. The molecular weight excluding hydrogens is 108 g/mol. The number of hydrogen-bond donors (Lipinski definition) is 2. The van der Waals surface area contributed by atoms with Gasteiger partial charge in [0.25, 0.3) is 0 Å². The molecule has 0 aromatic rings. The summed E-state index contributed by atoms with van der Waals surface area (Å²) in [6.45, 7) is 0. The van der Waals surface area contributed by atoms with Crippen LogP contribution in [0, 0.1) is 0 Å². The molecule has 0 bridgehead atoms. The molecule has 44 valence electrons. The molecular formula is C5H6O3. The maximum atomic E-state index is 10.3. The van der Waals surface area contributed by atoms with Gasteiger partial charge in [-0.05, 0) is 6.08 Å². The van der Waals surface area contributed by atoms with Gasteiger partial charge in [-0.15, -0.1) is 0 Å². The van der Waals surface area contributed by atoms with Crippen LogP contribution in [0.15, 0.2) is 12.2 Å². The van der Waals surface area contributed by atoms with Crippen molar-refractivity contribution in [1.29, 1.82) is 0 Å². The van der Waals surface area contributed by atoms with Crippen LogP contribution in [0.1, 0.15) is 6.42 Å². The molecule has 0 saturated heterocycles. The van der Waals surface area contributed by atoms with Crippen molar-refractivity contribution in [3.63, 3.8) is 0 Å².